The number of nitrogens with zero attached hydrogens (tertiary/aromatic N) is 2. The largest absolute Gasteiger partial charge is 0.329 e. The van der Waals surface area contributed by atoms with Crippen molar-refractivity contribution in [1.82, 2.24) is 9.88 Å². The molecule has 3 rings (SSSR count). The number of thiazole rings is 1. The molecule has 0 saturated heterocycles. The standard InChI is InChI=1S/C20H28N4OS/c1-3-20(4-2,14-21)18(25)23-19-22-16-10-11-24(13-17(16)26-19)12-15-8-6-5-7-9-15/h5-9H,3-4,10-14,21H2,1-2H3,(H,22,23,25). The summed E-state index contributed by atoms with van der Waals surface area (Å²) in [6, 6.07) is 10.5. The number of anilines is 1. The SMILES string of the molecule is CCC(CC)(CN)C(=O)Nc1nc2c(s1)CN(Cc1ccccc1)CC2. The first-order chi connectivity index (χ1) is 12.6. The maximum absolute atomic E-state index is 12.7. The van der Waals surface area contributed by atoms with E-state index >= 15 is 0 Å². The Morgan fingerprint density at radius 2 is 2.04 bits per heavy atom. The molecule has 0 spiro atoms. The molecule has 0 fully saturated rings. The highest BCUT2D eigenvalue weighted by Crippen LogP contribution is 2.32. The molecule has 1 amide bonds. The first kappa shape index (κ1) is 19.0. The molecule has 0 aliphatic carbocycles. The van der Waals surface area contributed by atoms with E-state index in [-0.39, 0.29) is 5.91 Å². The van der Waals surface area contributed by atoms with E-state index in [9.17, 15) is 4.79 Å². The van der Waals surface area contributed by atoms with Gasteiger partial charge in [-0.25, -0.2) is 4.98 Å². The summed E-state index contributed by atoms with van der Waals surface area (Å²) in [4.78, 5) is 21.1. The summed E-state index contributed by atoms with van der Waals surface area (Å²) >= 11 is 1.60. The minimum absolute atomic E-state index is 0.00256. The number of hydrogen-bond acceptors (Lipinski definition) is 5. The highest BCUT2D eigenvalue weighted by Gasteiger charge is 2.34. The molecule has 0 bridgehead atoms. The van der Waals surface area contributed by atoms with E-state index in [1.165, 1.54) is 10.4 Å². The summed E-state index contributed by atoms with van der Waals surface area (Å²) in [6.07, 6.45) is 2.40. The van der Waals surface area contributed by atoms with Gasteiger partial charge >= 0.3 is 0 Å². The lowest BCUT2D eigenvalue weighted by molar-refractivity contribution is -0.125. The van der Waals surface area contributed by atoms with Crippen molar-refractivity contribution in [2.45, 2.75) is 46.2 Å². The van der Waals surface area contributed by atoms with E-state index in [0.717, 1.165) is 44.6 Å². The fraction of sp³-hybridized carbons (Fsp3) is 0.500. The molecule has 0 atom stereocenters. The number of benzene rings is 1. The van der Waals surface area contributed by atoms with Crippen LogP contribution in [0.2, 0.25) is 0 Å². The van der Waals surface area contributed by atoms with Crippen molar-refractivity contribution in [1.29, 1.82) is 0 Å². The number of rotatable bonds is 7. The van der Waals surface area contributed by atoms with Crippen LogP contribution in [0.3, 0.4) is 0 Å². The summed E-state index contributed by atoms with van der Waals surface area (Å²) < 4.78 is 0. The van der Waals surface area contributed by atoms with Gasteiger partial charge in [0.05, 0.1) is 11.1 Å². The lowest BCUT2D eigenvalue weighted by atomic mass is 9.81. The van der Waals surface area contributed by atoms with Crippen LogP contribution in [0.1, 0.15) is 42.8 Å². The van der Waals surface area contributed by atoms with Crippen molar-refractivity contribution in [2.75, 3.05) is 18.4 Å². The molecule has 0 unspecified atom stereocenters. The summed E-state index contributed by atoms with van der Waals surface area (Å²) in [5, 5.41) is 3.74. The van der Waals surface area contributed by atoms with E-state index in [0.29, 0.717) is 11.7 Å². The minimum Gasteiger partial charge on any atom is -0.329 e. The molecule has 1 aliphatic rings. The normalized spacial score (nSPS) is 14.9. The third-order valence-corrected chi connectivity index (χ3v) is 6.50. The van der Waals surface area contributed by atoms with Crippen LogP contribution in [-0.4, -0.2) is 28.9 Å². The van der Waals surface area contributed by atoms with E-state index in [1.54, 1.807) is 11.3 Å². The number of carbonyl (C=O) groups is 1. The molecule has 0 radical (unpaired) electrons. The summed E-state index contributed by atoms with van der Waals surface area (Å²) in [5.41, 5.74) is 7.85. The Hall–Kier alpha value is -1.76. The first-order valence-electron chi connectivity index (χ1n) is 9.36. The molecule has 1 aliphatic heterocycles. The quantitative estimate of drug-likeness (QED) is 0.781. The third-order valence-electron chi connectivity index (χ3n) is 5.51. The summed E-state index contributed by atoms with van der Waals surface area (Å²) in [5.74, 6) is -0.00256. The molecule has 5 nitrogen and oxygen atoms in total. The van der Waals surface area contributed by atoms with Gasteiger partial charge in [-0.2, -0.15) is 0 Å². The Morgan fingerprint density at radius 1 is 1.31 bits per heavy atom. The maximum atomic E-state index is 12.7. The van der Waals surface area contributed by atoms with Crippen molar-refractivity contribution < 1.29 is 4.79 Å². The average molecular weight is 373 g/mol. The molecule has 2 heterocycles. The Balaban J connectivity index is 1.67. The number of nitrogens with two attached hydrogens (primary N) is 1. The second-order valence-corrected chi connectivity index (χ2v) is 8.06. The molecular formula is C20H28N4OS. The van der Waals surface area contributed by atoms with Crippen LogP contribution in [0.25, 0.3) is 0 Å². The smallest absolute Gasteiger partial charge is 0.233 e. The highest BCUT2D eigenvalue weighted by molar-refractivity contribution is 7.15. The van der Waals surface area contributed by atoms with Gasteiger partial charge in [-0.05, 0) is 18.4 Å². The van der Waals surface area contributed by atoms with E-state index < -0.39 is 5.41 Å². The van der Waals surface area contributed by atoms with Crippen LogP contribution in [0.5, 0.6) is 0 Å². The lowest BCUT2D eigenvalue weighted by Crippen LogP contribution is -2.41. The number of nitrogens with one attached hydrogen (secondary N) is 1. The molecule has 2 aromatic rings. The molecule has 1 aromatic heterocycles. The van der Waals surface area contributed by atoms with Gasteiger partial charge in [0, 0.05) is 37.5 Å². The van der Waals surface area contributed by atoms with Crippen LogP contribution in [0.4, 0.5) is 5.13 Å². The lowest BCUT2D eigenvalue weighted by Gasteiger charge is -2.27. The van der Waals surface area contributed by atoms with Crippen LogP contribution in [0, 0.1) is 5.41 Å². The van der Waals surface area contributed by atoms with E-state index in [1.807, 2.05) is 19.9 Å². The topological polar surface area (TPSA) is 71.2 Å². The number of amides is 1. The van der Waals surface area contributed by atoms with Gasteiger partial charge in [-0.3, -0.25) is 9.69 Å². The van der Waals surface area contributed by atoms with E-state index in [4.69, 9.17) is 5.73 Å². The molecule has 3 N–H and O–H groups in total. The van der Waals surface area contributed by atoms with Crippen molar-refractivity contribution in [3.05, 3.63) is 46.5 Å². The molecule has 26 heavy (non-hydrogen) atoms. The average Bonchev–Trinajstić information content (AvgIpc) is 3.06. The second-order valence-electron chi connectivity index (χ2n) is 6.98. The summed E-state index contributed by atoms with van der Waals surface area (Å²) in [7, 11) is 0. The van der Waals surface area contributed by atoms with Gasteiger partial charge in [-0.15, -0.1) is 11.3 Å². The number of aromatic nitrogens is 1. The van der Waals surface area contributed by atoms with Crippen molar-refractivity contribution in [2.24, 2.45) is 11.1 Å². The Labute approximate surface area is 159 Å². The minimum atomic E-state index is -0.495. The van der Waals surface area contributed by atoms with Gasteiger partial charge < -0.3 is 11.1 Å². The fourth-order valence-electron chi connectivity index (χ4n) is 3.46. The zero-order valence-corrected chi connectivity index (χ0v) is 16.4. The van der Waals surface area contributed by atoms with Gasteiger partial charge in [0.25, 0.3) is 0 Å². The Bertz CT molecular complexity index is 731. The number of carbonyl (C=O) groups excluding carboxylic acids is 1. The van der Waals surface area contributed by atoms with Crippen LogP contribution < -0.4 is 11.1 Å². The second kappa shape index (κ2) is 8.29. The predicted octanol–water partition coefficient (Wildman–Crippen LogP) is 3.41. The molecule has 0 saturated carbocycles. The third kappa shape index (κ3) is 3.98. The zero-order valence-electron chi connectivity index (χ0n) is 15.6. The fourth-order valence-corrected chi connectivity index (χ4v) is 4.51. The van der Waals surface area contributed by atoms with Gasteiger partial charge in [0.15, 0.2) is 5.13 Å². The van der Waals surface area contributed by atoms with Crippen molar-refractivity contribution in [3.8, 4) is 0 Å². The Morgan fingerprint density at radius 3 is 2.69 bits per heavy atom. The molecule has 6 heteroatoms. The predicted molar refractivity (Wildman–Crippen MR) is 107 cm³/mol. The monoisotopic (exact) mass is 372 g/mol. The van der Waals surface area contributed by atoms with Crippen LogP contribution in [0.15, 0.2) is 30.3 Å². The molecule has 140 valence electrons. The van der Waals surface area contributed by atoms with Crippen molar-refractivity contribution in [3.63, 3.8) is 0 Å². The van der Waals surface area contributed by atoms with Crippen molar-refractivity contribution >= 4 is 22.4 Å². The Kier molecular flexibility index (Phi) is 6.06. The van der Waals surface area contributed by atoms with Crippen LogP contribution in [-0.2, 0) is 24.3 Å². The van der Waals surface area contributed by atoms with Crippen LogP contribution >= 0.6 is 11.3 Å². The number of hydrogen-bond donors (Lipinski definition) is 2. The van der Waals surface area contributed by atoms with Gasteiger partial charge in [-0.1, -0.05) is 44.2 Å². The number of fused-ring (bicyclic) bond motifs is 1. The first-order valence-corrected chi connectivity index (χ1v) is 10.2. The zero-order chi connectivity index (χ0) is 18.6. The van der Waals surface area contributed by atoms with Gasteiger partial charge in [0.2, 0.25) is 5.91 Å². The summed E-state index contributed by atoms with van der Waals surface area (Å²) in [6.45, 7) is 7.23. The highest BCUT2D eigenvalue weighted by atomic mass is 32.1. The van der Waals surface area contributed by atoms with Gasteiger partial charge in [0.1, 0.15) is 0 Å². The van der Waals surface area contributed by atoms with E-state index in [2.05, 4.69) is 39.5 Å². The molecule has 1 aromatic carbocycles. The maximum Gasteiger partial charge on any atom is 0.233 e. The molecular weight excluding hydrogens is 344 g/mol.